The minimum absolute atomic E-state index is 0.982. The number of imidazole rings is 1. The molecule has 3 aromatic heterocycles. The smallest absolute Gasteiger partial charge is 0.146 e. The van der Waals surface area contributed by atoms with Gasteiger partial charge in [-0.15, -0.1) is 0 Å². The molecule has 0 aliphatic carbocycles. The van der Waals surface area contributed by atoms with Crippen LogP contribution in [0.2, 0.25) is 0 Å². The van der Waals surface area contributed by atoms with Gasteiger partial charge in [0.05, 0.1) is 27.6 Å². The van der Waals surface area contributed by atoms with Crippen LogP contribution in [0.1, 0.15) is 0 Å². The van der Waals surface area contributed by atoms with Crippen molar-refractivity contribution >= 4 is 60.2 Å². The van der Waals surface area contributed by atoms with Crippen molar-refractivity contribution in [2.45, 2.75) is 0 Å². The van der Waals surface area contributed by atoms with Crippen LogP contribution < -0.4 is 0 Å². The van der Waals surface area contributed by atoms with E-state index < -0.39 is 0 Å². The number of benzene rings is 7. The largest absolute Gasteiger partial charge is 0.309 e. The molecule has 46 heavy (non-hydrogen) atoms. The Bertz CT molecular complexity index is 2690. The first-order chi connectivity index (χ1) is 22.8. The molecule has 0 bridgehead atoms. The average Bonchev–Trinajstić information content (AvgIpc) is 3.68. The van der Waals surface area contributed by atoms with Crippen LogP contribution in [0.15, 0.2) is 164 Å². The van der Waals surface area contributed by atoms with Crippen molar-refractivity contribution in [3.8, 4) is 27.9 Å². The zero-order chi connectivity index (χ0) is 30.2. The normalized spacial score (nSPS) is 11.9. The van der Waals surface area contributed by atoms with E-state index >= 15 is 0 Å². The Kier molecular flexibility index (Phi) is 5.28. The Balaban J connectivity index is 1.29. The molecule has 0 aliphatic heterocycles. The van der Waals surface area contributed by atoms with Crippen molar-refractivity contribution in [1.82, 2.24) is 14.0 Å². The van der Waals surface area contributed by atoms with E-state index in [1.54, 1.807) is 0 Å². The molecule has 3 heterocycles. The van der Waals surface area contributed by atoms with Crippen LogP contribution in [-0.4, -0.2) is 14.0 Å². The zero-order valence-electron chi connectivity index (χ0n) is 24.9. The summed E-state index contributed by atoms with van der Waals surface area (Å²) in [5.41, 5.74) is 12.6. The van der Waals surface area contributed by atoms with Gasteiger partial charge in [0.1, 0.15) is 5.65 Å². The number of rotatable bonds is 3. The molecule has 0 radical (unpaired) electrons. The number of fused-ring (bicyclic) bond motifs is 11. The lowest BCUT2D eigenvalue weighted by Crippen LogP contribution is -1.96. The highest BCUT2D eigenvalue weighted by molar-refractivity contribution is 6.15. The summed E-state index contributed by atoms with van der Waals surface area (Å²) in [7, 11) is 0. The Labute approximate surface area is 265 Å². The second kappa shape index (κ2) is 9.65. The molecule has 214 valence electrons. The van der Waals surface area contributed by atoms with Crippen LogP contribution in [0.3, 0.4) is 0 Å². The van der Waals surface area contributed by atoms with Crippen LogP contribution in [0, 0.1) is 0 Å². The fourth-order valence-corrected chi connectivity index (χ4v) is 7.36. The molecule has 3 heteroatoms. The highest BCUT2D eigenvalue weighted by atomic mass is 15.0. The van der Waals surface area contributed by atoms with Gasteiger partial charge in [-0.1, -0.05) is 109 Å². The standard InChI is InChI=1S/C43H27N3/c1-3-11-28(12-4-1)30-19-23-40-35(25-30)36-26-31(29-13-5-2-6-14-29)20-24-41(36)45(40)32-21-22-33-34-15-7-9-17-39(34)46-42-18-10-8-16-38(42)44-43(46)37(33)27-32/h1-27H. The highest BCUT2D eigenvalue weighted by Crippen LogP contribution is 2.39. The molecule has 7 aromatic carbocycles. The van der Waals surface area contributed by atoms with Crippen molar-refractivity contribution in [2.24, 2.45) is 0 Å². The Morgan fingerprint density at radius 2 is 0.935 bits per heavy atom. The van der Waals surface area contributed by atoms with Gasteiger partial charge in [0, 0.05) is 27.2 Å². The first kappa shape index (κ1) is 25.2. The van der Waals surface area contributed by atoms with E-state index in [2.05, 4.69) is 173 Å². The summed E-state index contributed by atoms with van der Waals surface area (Å²) in [5.74, 6) is 0. The van der Waals surface area contributed by atoms with E-state index in [0.717, 1.165) is 27.8 Å². The molecule has 0 N–H and O–H groups in total. The second-order valence-electron chi connectivity index (χ2n) is 12.0. The van der Waals surface area contributed by atoms with Crippen LogP contribution in [0.4, 0.5) is 0 Å². The fourth-order valence-electron chi connectivity index (χ4n) is 7.36. The number of hydrogen-bond donors (Lipinski definition) is 0. The lowest BCUT2D eigenvalue weighted by Gasteiger charge is -2.13. The molecule has 0 aliphatic rings. The second-order valence-corrected chi connectivity index (χ2v) is 12.0. The predicted octanol–water partition coefficient (Wildman–Crippen LogP) is 11.2. The van der Waals surface area contributed by atoms with Gasteiger partial charge in [0.2, 0.25) is 0 Å². The van der Waals surface area contributed by atoms with Gasteiger partial charge in [-0.2, -0.15) is 0 Å². The molecule has 0 spiro atoms. The number of pyridine rings is 1. The summed E-state index contributed by atoms with van der Waals surface area (Å²) in [5, 5.41) is 6.06. The van der Waals surface area contributed by atoms with E-state index in [4.69, 9.17) is 4.98 Å². The topological polar surface area (TPSA) is 22.2 Å². The van der Waals surface area contributed by atoms with E-state index in [-0.39, 0.29) is 0 Å². The number of nitrogens with zero attached hydrogens (tertiary/aromatic N) is 3. The molecule has 0 amide bonds. The van der Waals surface area contributed by atoms with Crippen LogP contribution >= 0.6 is 0 Å². The molecule has 0 saturated carbocycles. The third-order valence-corrected chi connectivity index (χ3v) is 9.48. The van der Waals surface area contributed by atoms with Crippen molar-refractivity contribution in [3.05, 3.63) is 164 Å². The van der Waals surface area contributed by atoms with Gasteiger partial charge in [0.15, 0.2) is 0 Å². The number of aromatic nitrogens is 3. The molecule has 0 unspecified atom stereocenters. The number of para-hydroxylation sites is 3. The average molecular weight is 586 g/mol. The molecule has 10 rings (SSSR count). The van der Waals surface area contributed by atoms with Gasteiger partial charge in [-0.3, -0.25) is 4.40 Å². The quantitative estimate of drug-likeness (QED) is 0.189. The highest BCUT2D eigenvalue weighted by Gasteiger charge is 2.18. The molecular formula is C43H27N3. The van der Waals surface area contributed by atoms with Gasteiger partial charge < -0.3 is 4.57 Å². The van der Waals surface area contributed by atoms with Gasteiger partial charge in [0.25, 0.3) is 0 Å². The van der Waals surface area contributed by atoms with Gasteiger partial charge in [-0.05, 0) is 82.2 Å². The Hall–Kier alpha value is -6.19. The maximum absolute atomic E-state index is 5.18. The lowest BCUT2D eigenvalue weighted by atomic mass is 10.0. The predicted molar refractivity (Wildman–Crippen MR) is 193 cm³/mol. The molecule has 0 saturated heterocycles. The Morgan fingerprint density at radius 1 is 0.348 bits per heavy atom. The minimum atomic E-state index is 0.982. The van der Waals surface area contributed by atoms with Crippen LogP contribution in [-0.2, 0) is 0 Å². The maximum atomic E-state index is 5.18. The summed E-state index contributed by atoms with van der Waals surface area (Å²) in [4.78, 5) is 5.18. The SMILES string of the molecule is c1ccc(-c2ccc3c(c2)c2cc(-c4ccccc4)ccc2n3-c2ccc3c4ccccc4n4c5ccccc5nc4c3c2)cc1. The maximum Gasteiger partial charge on any atom is 0.146 e. The first-order valence-corrected chi connectivity index (χ1v) is 15.7. The van der Waals surface area contributed by atoms with Crippen LogP contribution in [0.25, 0.3) is 88.1 Å². The van der Waals surface area contributed by atoms with E-state index in [0.29, 0.717) is 0 Å². The molecule has 0 atom stereocenters. The minimum Gasteiger partial charge on any atom is -0.309 e. The van der Waals surface area contributed by atoms with Gasteiger partial charge >= 0.3 is 0 Å². The third kappa shape index (κ3) is 3.63. The van der Waals surface area contributed by atoms with Crippen molar-refractivity contribution in [2.75, 3.05) is 0 Å². The monoisotopic (exact) mass is 585 g/mol. The van der Waals surface area contributed by atoms with E-state index in [9.17, 15) is 0 Å². The fraction of sp³-hybridized carbons (Fsp3) is 0. The van der Waals surface area contributed by atoms with Crippen LogP contribution in [0.5, 0.6) is 0 Å². The van der Waals surface area contributed by atoms with Gasteiger partial charge in [-0.25, -0.2) is 4.98 Å². The van der Waals surface area contributed by atoms with Crippen molar-refractivity contribution in [1.29, 1.82) is 0 Å². The summed E-state index contributed by atoms with van der Waals surface area (Å²) < 4.78 is 4.74. The molecule has 0 fully saturated rings. The summed E-state index contributed by atoms with van der Waals surface area (Å²) >= 11 is 0. The van der Waals surface area contributed by atoms with E-state index in [1.807, 2.05) is 0 Å². The molecule has 3 nitrogen and oxygen atoms in total. The first-order valence-electron chi connectivity index (χ1n) is 15.7. The zero-order valence-corrected chi connectivity index (χ0v) is 24.9. The van der Waals surface area contributed by atoms with E-state index in [1.165, 1.54) is 60.3 Å². The lowest BCUT2D eigenvalue weighted by molar-refractivity contribution is 1.18. The molecule has 10 aromatic rings. The van der Waals surface area contributed by atoms with Crippen molar-refractivity contribution in [3.63, 3.8) is 0 Å². The van der Waals surface area contributed by atoms with Crippen molar-refractivity contribution < 1.29 is 0 Å². The summed E-state index contributed by atoms with van der Waals surface area (Å²) in [6, 6.07) is 59.0. The summed E-state index contributed by atoms with van der Waals surface area (Å²) in [6.07, 6.45) is 0. The third-order valence-electron chi connectivity index (χ3n) is 9.48. The number of hydrogen-bond acceptors (Lipinski definition) is 1. The summed E-state index contributed by atoms with van der Waals surface area (Å²) in [6.45, 7) is 0. The molecular weight excluding hydrogens is 558 g/mol. The Morgan fingerprint density at radius 3 is 1.61 bits per heavy atom.